The van der Waals surface area contributed by atoms with Gasteiger partial charge in [-0.05, 0) is 24.5 Å². The number of nitrogens with two attached hydrogens (primary N) is 2. The van der Waals surface area contributed by atoms with Gasteiger partial charge in [0.25, 0.3) is 6.43 Å². The van der Waals surface area contributed by atoms with Crippen molar-refractivity contribution in [1.29, 1.82) is 0 Å². The van der Waals surface area contributed by atoms with Crippen molar-refractivity contribution in [2.45, 2.75) is 38.3 Å². The van der Waals surface area contributed by atoms with Crippen molar-refractivity contribution in [3.05, 3.63) is 47.5 Å². The van der Waals surface area contributed by atoms with Gasteiger partial charge in [-0.3, -0.25) is 4.99 Å². The number of benzene rings is 1. The first-order valence-corrected chi connectivity index (χ1v) is 10.4. The van der Waals surface area contributed by atoms with E-state index < -0.39 is 19.1 Å². The highest BCUT2D eigenvalue weighted by molar-refractivity contribution is 6.11. The molecule has 0 aliphatic carbocycles. The number of piperidine rings is 1. The second kappa shape index (κ2) is 10.6. The first-order chi connectivity index (χ1) is 15.3. The highest BCUT2D eigenvalue weighted by Crippen LogP contribution is 2.30. The van der Waals surface area contributed by atoms with Gasteiger partial charge in [0.05, 0.1) is 18.3 Å². The Kier molecular flexibility index (Phi) is 7.81. The van der Waals surface area contributed by atoms with E-state index in [1.54, 1.807) is 17.0 Å². The summed E-state index contributed by atoms with van der Waals surface area (Å²) in [6.45, 7) is 2.00. The minimum Gasteiger partial charge on any atom is -0.404 e. The van der Waals surface area contributed by atoms with Crippen LogP contribution in [0.3, 0.4) is 0 Å². The second-order valence-electron chi connectivity index (χ2n) is 7.57. The van der Waals surface area contributed by atoms with Crippen LogP contribution in [-0.2, 0) is 6.42 Å². The number of aromatic nitrogens is 2. The normalized spacial score (nSPS) is 19.8. The van der Waals surface area contributed by atoms with Crippen LogP contribution in [0.4, 0.5) is 19.1 Å². The maximum Gasteiger partial charge on any atom is 0.257 e. The van der Waals surface area contributed by atoms with Crippen LogP contribution < -0.4 is 16.4 Å². The quantitative estimate of drug-likeness (QED) is 0.561. The molecule has 172 valence electrons. The van der Waals surface area contributed by atoms with Gasteiger partial charge in [0.1, 0.15) is 5.82 Å². The lowest BCUT2D eigenvalue weighted by molar-refractivity contribution is 0.131. The molecule has 32 heavy (non-hydrogen) atoms. The molecule has 3 rings (SSSR count). The third-order valence-electron chi connectivity index (χ3n) is 5.36. The van der Waals surface area contributed by atoms with Crippen molar-refractivity contribution in [3.8, 4) is 11.3 Å². The van der Waals surface area contributed by atoms with Gasteiger partial charge < -0.3 is 21.5 Å². The molecule has 1 fully saturated rings. The number of anilines is 1. The number of aryl methyl sites for hydroxylation is 1. The minimum absolute atomic E-state index is 0.262. The van der Waals surface area contributed by atoms with E-state index in [0.717, 1.165) is 0 Å². The molecule has 0 radical (unpaired) electrons. The topological polar surface area (TPSA) is 114 Å². The SMILES string of the molecule is CCc1ccc(-c2nc(N3CCC(N)C(O)C3)ncc2C(C=NCC(F)F)=CN)cc1F. The lowest BCUT2D eigenvalue weighted by atomic mass is 10.00. The lowest BCUT2D eigenvalue weighted by Crippen LogP contribution is -2.51. The number of aliphatic imine (C=N–C) groups is 1. The Morgan fingerprint density at radius 1 is 1.41 bits per heavy atom. The largest absolute Gasteiger partial charge is 0.404 e. The first kappa shape index (κ1) is 23.7. The summed E-state index contributed by atoms with van der Waals surface area (Å²) in [4.78, 5) is 14.5. The molecular formula is C22H27F3N6O. The molecule has 0 spiro atoms. The van der Waals surface area contributed by atoms with Gasteiger partial charge in [0.2, 0.25) is 5.95 Å². The van der Waals surface area contributed by atoms with Crippen LogP contribution in [0.25, 0.3) is 16.8 Å². The van der Waals surface area contributed by atoms with E-state index >= 15 is 0 Å². The number of rotatable bonds is 7. The van der Waals surface area contributed by atoms with E-state index in [1.165, 1.54) is 24.7 Å². The number of β-amino-alcohol motifs (C(OH)–C–C–N with tert-alkyl or cyclic N) is 1. The number of alkyl halides is 2. The average Bonchev–Trinajstić information content (AvgIpc) is 2.78. The molecule has 1 saturated heterocycles. The molecule has 7 nitrogen and oxygen atoms in total. The summed E-state index contributed by atoms with van der Waals surface area (Å²) in [6, 6.07) is 4.47. The van der Waals surface area contributed by atoms with Crippen LogP contribution in [0.2, 0.25) is 0 Å². The fourth-order valence-electron chi connectivity index (χ4n) is 3.50. The van der Waals surface area contributed by atoms with Gasteiger partial charge in [-0.15, -0.1) is 0 Å². The van der Waals surface area contributed by atoms with E-state index in [4.69, 9.17) is 11.5 Å². The van der Waals surface area contributed by atoms with E-state index in [2.05, 4.69) is 15.0 Å². The second-order valence-corrected chi connectivity index (χ2v) is 7.57. The van der Waals surface area contributed by atoms with Gasteiger partial charge in [0, 0.05) is 54.4 Å². The molecule has 10 heteroatoms. The number of nitrogens with zero attached hydrogens (tertiary/aromatic N) is 4. The summed E-state index contributed by atoms with van der Waals surface area (Å²) in [5, 5.41) is 10.1. The van der Waals surface area contributed by atoms with Gasteiger partial charge in [-0.2, -0.15) is 0 Å². The zero-order valence-electron chi connectivity index (χ0n) is 17.8. The predicted octanol–water partition coefficient (Wildman–Crippen LogP) is 2.38. The van der Waals surface area contributed by atoms with Crippen molar-refractivity contribution < 1.29 is 18.3 Å². The maximum absolute atomic E-state index is 14.5. The van der Waals surface area contributed by atoms with Crippen LogP contribution in [0, 0.1) is 5.82 Å². The first-order valence-electron chi connectivity index (χ1n) is 10.4. The van der Waals surface area contributed by atoms with Crippen molar-refractivity contribution in [2.75, 3.05) is 24.5 Å². The molecule has 1 aliphatic heterocycles. The molecule has 0 amide bonds. The zero-order chi connectivity index (χ0) is 23.3. The molecule has 1 aromatic heterocycles. The van der Waals surface area contributed by atoms with Crippen molar-refractivity contribution in [2.24, 2.45) is 16.5 Å². The number of hydrogen-bond acceptors (Lipinski definition) is 7. The molecule has 0 bridgehead atoms. The molecule has 1 aliphatic rings. The van der Waals surface area contributed by atoms with Crippen LogP contribution in [0.5, 0.6) is 0 Å². The number of aliphatic hydroxyl groups is 1. The van der Waals surface area contributed by atoms with Gasteiger partial charge in [-0.25, -0.2) is 23.1 Å². The van der Waals surface area contributed by atoms with Crippen LogP contribution in [0.15, 0.2) is 35.6 Å². The fraction of sp³-hybridized carbons (Fsp3) is 0.409. The number of hydrogen-bond donors (Lipinski definition) is 3. The Morgan fingerprint density at radius 2 is 2.19 bits per heavy atom. The summed E-state index contributed by atoms with van der Waals surface area (Å²) in [5.74, 6) is -0.0318. The molecule has 0 saturated carbocycles. The molecule has 5 N–H and O–H groups in total. The smallest absolute Gasteiger partial charge is 0.257 e. The van der Waals surface area contributed by atoms with E-state index in [1.807, 2.05) is 6.92 Å². The summed E-state index contributed by atoms with van der Waals surface area (Å²) < 4.78 is 39.5. The third kappa shape index (κ3) is 5.43. The number of halogens is 3. The lowest BCUT2D eigenvalue weighted by Gasteiger charge is -2.34. The molecule has 2 aromatic rings. The van der Waals surface area contributed by atoms with Crippen LogP contribution in [-0.4, -0.2) is 59.5 Å². The molecule has 2 atom stereocenters. The van der Waals surface area contributed by atoms with Crippen molar-refractivity contribution in [3.63, 3.8) is 0 Å². The van der Waals surface area contributed by atoms with Crippen LogP contribution in [0.1, 0.15) is 24.5 Å². The minimum atomic E-state index is -2.59. The molecule has 1 aromatic carbocycles. The summed E-state index contributed by atoms with van der Waals surface area (Å²) in [6.07, 6.45) is 1.74. The standard InChI is InChI=1S/C22H27F3N6O/c1-2-13-3-4-14(7-17(13)23)21-16(15(8-26)9-28-11-20(24)25)10-29-22(30-21)31-6-5-18(27)19(32)12-31/h3-4,7-10,18-20,32H,2,5-6,11-12,26-27H2,1H3. The van der Waals surface area contributed by atoms with Gasteiger partial charge >= 0.3 is 0 Å². The highest BCUT2D eigenvalue weighted by atomic mass is 19.3. The van der Waals surface area contributed by atoms with Gasteiger partial charge in [0.15, 0.2) is 0 Å². The number of allylic oxidation sites excluding steroid dienone is 1. The highest BCUT2D eigenvalue weighted by Gasteiger charge is 2.27. The monoisotopic (exact) mass is 448 g/mol. The van der Waals surface area contributed by atoms with E-state index in [0.29, 0.717) is 53.3 Å². The zero-order valence-corrected chi connectivity index (χ0v) is 17.8. The summed E-state index contributed by atoms with van der Waals surface area (Å²) in [5.41, 5.74) is 13.8. The Bertz CT molecular complexity index is 998. The van der Waals surface area contributed by atoms with Crippen LogP contribution >= 0.6 is 0 Å². The third-order valence-corrected chi connectivity index (χ3v) is 5.36. The fourth-order valence-corrected chi connectivity index (χ4v) is 3.50. The Labute approximate surface area is 184 Å². The maximum atomic E-state index is 14.5. The Morgan fingerprint density at radius 3 is 2.81 bits per heavy atom. The molecular weight excluding hydrogens is 421 g/mol. The van der Waals surface area contributed by atoms with Crippen molar-refractivity contribution in [1.82, 2.24) is 9.97 Å². The molecule has 2 heterocycles. The van der Waals surface area contributed by atoms with Crippen molar-refractivity contribution >= 4 is 17.7 Å². The summed E-state index contributed by atoms with van der Waals surface area (Å²) >= 11 is 0. The van der Waals surface area contributed by atoms with E-state index in [-0.39, 0.29) is 18.4 Å². The van der Waals surface area contributed by atoms with E-state index in [9.17, 15) is 18.3 Å². The Hall–Kier alpha value is -2.98. The number of aliphatic hydroxyl groups excluding tert-OH is 1. The summed E-state index contributed by atoms with van der Waals surface area (Å²) in [7, 11) is 0. The molecule has 2 unspecified atom stereocenters. The predicted molar refractivity (Wildman–Crippen MR) is 119 cm³/mol. The van der Waals surface area contributed by atoms with Gasteiger partial charge in [-0.1, -0.05) is 19.1 Å². The average molecular weight is 448 g/mol. The Balaban J connectivity index is 2.06.